The molecule has 212 valence electrons. The van der Waals surface area contributed by atoms with Crippen molar-refractivity contribution < 1.29 is 19.1 Å². The Morgan fingerprint density at radius 2 is 1.98 bits per heavy atom. The summed E-state index contributed by atoms with van der Waals surface area (Å²) >= 11 is 2.12. The molecule has 1 unspecified atom stereocenters. The molecule has 3 aromatic rings. The van der Waals surface area contributed by atoms with Gasteiger partial charge in [0.05, 0.1) is 7.11 Å². The summed E-state index contributed by atoms with van der Waals surface area (Å²) in [6.45, 7) is 4.43. The molecule has 2 aromatic carbocycles. The van der Waals surface area contributed by atoms with E-state index in [0.29, 0.717) is 41.7 Å². The number of carbonyl (C=O) groups is 2. The minimum absolute atomic E-state index is 0.0173. The molecule has 1 saturated carbocycles. The number of fused-ring (bicyclic) bond motifs is 2. The highest BCUT2D eigenvalue weighted by Gasteiger charge is 2.67. The quantitative estimate of drug-likeness (QED) is 0.436. The van der Waals surface area contributed by atoms with Crippen molar-refractivity contribution in [1.82, 2.24) is 14.8 Å². The third kappa shape index (κ3) is 3.97. The van der Waals surface area contributed by atoms with Crippen molar-refractivity contribution in [2.45, 2.75) is 31.1 Å². The number of amides is 1. The smallest absolute Gasteiger partial charge is 0.274 e. The number of ketones is 1. The second-order valence-corrected chi connectivity index (χ2v) is 13.6. The molecule has 0 radical (unpaired) electrons. The minimum Gasteiger partial charge on any atom is -0.493 e. The summed E-state index contributed by atoms with van der Waals surface area (Å²) in [6.07, 6.45) is 6.66. The van der Waals surface area contributed by atoms with Crippen LogP contribution in [0.25, 0.3) is 10.9 Å². The van der Waals surface area contributed by atoms with Gasteiger partial charge in [0.15, 0.2) is 17.3 Å². The minimum atomic E-state index is -0.193. The number of aromatic amines is 1. The lowest BCUT2D eigenvalue weighted by Crippen LogP contribution is -2.41. The number of aromatic nitrogens is 1. The van der Waals surface area contributed by atoms with Gasteiger partial charge >= 0.3 is 0 Å². The number of methoxy groups -OCH3 is 1. The molecule has 2 aliphatic carbocycles. The van der Waals surface area contributed by atoms with Crippen molar-refractivity contribution in [3.05, 3.63) is 71.1 Å². The molecule has 8 rings (SSSR count). The third-order valence-corrected chi connectivity index (χ3v) is 11.7. The molecule has 1 aromatic heterocycles. The fourth-order valence-electron chi connectivity index (χ4n) is 7.83. The summed E-state index contributed by atoms with van der Waals surface area (Å²) in [5.41, 5.74) is 4.43. The number of H-pyrrole nitrogens is 1. The van der Waals surface area contributed by atoms with Gasteiger partial charge in [0, 0.05) is 52.8 Å². The zero-order chi connectivity index (χ0) is 27.8. The van der Waals surface area contributed by atoms with E-state index in [4.69, 9.17) is 9.47 Å². The van der Waals surface area contributed by atoms with Gasteiger partial charge in [0.25, 0.3) is 5.91 Å². The van der Waals surface area contributed by atoms with E-state index in [0.717, 1.165) is 53.8 Å². The van der Waals surface area contributed by atoms with Crippen molar-refractivity contribution in [2.24, 2.45) is 11.3 Å². The van der Waals surface area contributed by atoms with E-state index >= 15 is 0 Å². The van der Waals surface area contributed by atoms with Gasteiger partial charge in [-0.25, -0.2) is 0 Å². The molecule has 7 nitrogen and oxygen atoms in total. The first kappa shape index (κ1) is 25.5. The van der Waals surface area contributed by atoms with E-state index in [1.54, 1.807) is 13.2 Å². The number of nitrogens with one attached hydrogen (secondary N) is 1. The fourth-order valence-corrected chi connectivity index (χ4v) is 9.42. The number of ether oxygens (including phenoxy) is 2. The van der Waals surface area contributed by atoms with Crippen LogP contribution in [0.3, 0.4) is 0 Å². The Balaban J connectivity index is 0.981. The molecule has 5 aliphatic rings. The summed E-state index contributed by atoms with van der Waals surface area (Å²) in [4.78, 5) is 34.4. The van der Waals surface area contributed by atoms with Crippen LogP contribution in [0, 0.1) is 11.3 Å². The van der Waals surface area contributed by atoms with E-state index in [-0.39, 0.29) is 17.1 Å². The van der Waals surface area contributed by atoms with Crippen LogP contribution >= 0.6 is 11.8 Å². The Morgan fingerprint density at radius 3 is 2.78 bits per heavy atom. The molecule has 2 spiro atoms. The molecule has 4 heterocycles. The lowest BCUT2D eigenvalue weighted by atomic mass is 9.78. The van der Waals surface area contributed by atoms with Gasteiger partial charge in [-0.3, -0.25) is 14.5 Å². The Hall–Kier alpha value is -3.23. The summed E-state index contributed by atoms with van der Waals surface area (Å²) < 4.78 is 11.9. The lowest BCUT2D eigenvalue weighted by Gasteiger charge is -2.38. The maximum atomic E-state index is 13.8. The Labute approximate surface area is 244 Å². The van der Waals surface area contributed by atoms with Gasteiger partial charge < -0.3 is 19.4 Å². The molecule has 4 fully saturated rings. The predicted molar refractivity (Wildman–Crippen MR) is 160 cm³/mol. The number of carbonyl (C=O) groups excluding carboxylic acids is 2. The van der Waals surface area contributed by atoms with Gasteiger partial charge in [0.2, 0.25) is 0 Å². The highest BCUT2D eigenvalue weighted by Crippen LogP contribution is 2.66. The molecule has 8 heteroatoms. The average Bonchev–Trinajstić information content (AvgIpc) is 3.28. The second kappa shape index (κ2) is 9.39. The van der Waals surface area contributed by atoms with Gasteiger partial charge in [0.1, 0.15) is 12.3 Å². The number of benzene rings is 2. The second-order valence-electron chi connectivity index (χ2n) is 12.5. The highest BCUT2D eigenvalue weighted by molar-refractivity contribution is 7.99. The Bertz CT molecular complexity index is 1590. The first-order chi connectivity index (χ1) is 20.0. The maximum absolute atomic E-state index is 13.8. The maximum Gasteiger partial charge on any atom is 0.274 e. The number of allylic oxidation sites excluding steroid dienone is 2. The number of hydrogen-bond acceptors (Lipinski definition) is 6. The van der Waals surface area contributed by atoms with Crippen molar-refractivity contribution in [3.8, 4) is 11.5 Å². The number of piperidine rings is 2. The SMILES string of the molecule is COc1cc2[nH]c(C(=O)N3C[C@H]4CC45C3=CC(=O)c3ccccc35)cc2cc1OCCN1CCC2(CCSC2)CC1. The van der Waals surface area contributed by atoms with E-state index in [1.807, 2.05) is 41.3 Å². The van der Waals surface area contributed by atoms with Gasteiger partial charge in [-0.15, -0.1) is 0 Å². The van der Waals surface area contributed by atoms with Gasteiger partial charge in [-0.05, 0) is 79.3 Å². The van der Waals surface area contributed by atoms with E-state index in [1.165, 1.54) is 30.8 Å². The van der Waals surface area contributed by atoms with E-state index < -0.39 is 0 Å². The normalized spacial score (nSPS) is 26.1. The van der Waals surface area contributed by atoms with Crippen molar-refractivity contribution >= 4 is 34.4 Å². The summed E-state index contributed by atoms with van der Waals surface area (Å²) in [5.74, 6) is 4.24. The summed E-state index contributed by atoms with van der Waals surface area (Å²) in [6, 6.07) is 13.6. The standard InChI is InChI=1S/C33H35N3O4S/c1-39-28-16-25-21(15-29(28)40-12-11-35-9-6-32(7-10-35)8-13-41-20-32)14-26(34-25)31(38)36-19-22-18-33(22)24-5-3-2-4-23(24)27(37)17-30(33)36/h2-5,14-17,22,34H,6-13,18-20H2,1H3/t22-,33?/m1/s1. The number of likely N-dealkylation sites (tertiary alicyclic amines) is 2. The van der Waals surface area contributed by atoms with Crippen LogP contribution in [0.5, 0.6) is 11.5 Å². The molecular formula is C33H35N3O4S. The number of hydrogen-bond donors (Lipinski definition) is 1. The Kier molecular flexibility index (Phi) is 5.84. The van der Waals surface area contributed by atoms with Crippen LogP contribution in [-0.4, -0.2) is 77.9 Å². The topological polar surface area (TPSA) is 74.9 Å². The average molecular weight is 570 g/mol. The Morgan fingerprint density at radius 1 is 1.12 bits per heavy atom. The first-order valence-corrected chi connectivity index (χ1v) is 16.0. The zero-order valence-corrected chi connectivity index (χ0v) is 24.2. The molecule has 41 heavy (non-hydrogen) atoms. The van der Waals surface area contributed by atoms with Crippen LogP contribution in [0.15, 0.2) is 54.2 Å². The molecule has 1 amide bonds. The number of rotatable bonds is 6. The summed E-state index contributed by atoms with van der Waals surface area (Å²) in [7, 11) is 1.65. The van der Waals surface area contributed by atoms with Crippen LogP contribution in [0.4, 0.5) is 0 Å². The molecule has 1 N–H and O–H groups in total. The van der Waals surface area contributed by atoms with Crippen LogP contribution in [0.1, 0.15) is 52.1 Å². The monoisotopic (exact) mass is 569 g/mol. The molecule has 3 aliphatic heterocycles. The fraction of sp³-hybridized carbons (Fsp3) is 0.455. The van der Waals surface area contributed by atoms with Crippen molar-refractivity contribution in [2.75, 3.05) is 51.4 Å². The van der Waals surface area contributed by atoms with Crippen LogP contribution < -0.4 is 9.47 Å². The molecule has 0 bridgehead atoms. The van der Waals surface area contributed by atoms with Crippen LogP contribution in [0.2, 0.25) is 0 Å². The third-order valence-electron chi connectivity index (χ3n) is 10.3. The number of nitrogens with zero attached hydrogens (tertiary/aromatic N) is 2. The van der Waals surface area contributed by atoms with Crippen molar-refractivity contribution in [3.63, 3.8) is 0 Å². The van der Waals surface area contributed by atoms with Crippen LogP contribution in [-0.2, 0) is 5.41 Å². The lowest BCUT2D eigenvalue weighted by molar-refractivity contribution is 0.0806. The highest BCUT2D eigenvalue weighted by atomic mass is 32.2. The van der Waals surface area contributed by atoms with E-state index in [2.05, 4.69) is 27.7 Å². The largest absolute Gasteiger partial charge is 0.493 e. The zero-order valence-electron chi connectivity index (χ0n) is 23.4. The predicted octanol–water partition coefficient (Wildman–Crippen LogP) is 5.27. The number of thioether (sulfide) groups is 1. The van der Waals surface area contributed by atoms with Gasteiger partial charge in [-0.1, -0.05) is 24.3 Å². The van der Waals surface area contributed by atoms with E-state index in [9.17, 15) is 9.59 Å². The van der Waals surface area contributed by atoms with Gasteiger partial charge in [-0.2, -0.15) is 11.8 Å². The molecular weight excluding hydrogens is 534 g/mol. The molecule has 2 atom stereocenters. The molecule has 3 saturated heterocycles. The first-order valence-electron chi connectivity index (χ1n) is 14.8. The summed E-state index contributed by atoms with van der Waals surface area (Å²) in [5, 5.41) is 0.904. The van der Waals surface area contributed by atoms with Crippen molar-refractivity contribution in [1.29, 1.82) is 0 Å².